The molecule has 0 heterocycles. The third kappa shape index (κ3) is 5.45. The summed E-state index contributed by atoms with van der Waals surface area (Å²) in [6.07, 6.45) is -4.42. The molecule has 0 saturated carbocycles. The second kappa shape index (κ2) is 8.81. The number of rotatable bonds is 5. The van der Waals surface area contributed by atoms with E-state index >= 15 is 0 Å². The van der Waals surface area contributed by atoms with Gasteiger partial charge in [-0.1, -0.05) is 30.0 Å². The molecular formula is C19H16F3NO3. The highest BCUT2D eigenvalue weighted by Crippen LogP contribution is 2.31. The summed E-state index contributed by atoms with van der Waals surface area (Å²) in [5.41, 5.74) is -0.399. The minimum atomic E-state index is -4.42. The second-order valence-electron chi connectivity index (χ2n) is 5.05. The van der Waals surface area contributed by atoms with Crippen LogP contribution < -0.4 is 14.8 Å². The van der Waals surface area contributed by atoms with Crippen LogP contribution in [0.4, 0.5) is 13.2 Å². The van der Waals surface area contributed by atoms with Gasteiger partial charge in [-0.05, 0) is 30.3 Å². The Labute approximate surface area is 148 Å². The molecule has 0 aliphatic rings. The van der Waals surface area contributed by atoms with E-state index in [0.29, 0.717) is 11.3 Å². The second-order valence-corrected chi connectivity index (χ2v) is 5.05. The van der Waals surface area contributed by atoms with E-state index in [0.717, 1.165) is 12.1 Å². The normalized spacial score (nSPS) is 10.5. The van der Waals surface area contributed by atoms with Crippen LogP contribution in [0, 0.1) is 11.8 Å². The van der Waals surface area contributed by atoms with E-state index in [2.05, 4.69) is 17.2 Å². The van der Waals surface area contributed by atoms with Crippen LogP contribution in [0.1, 0.15) is 15.9 Å². The molecule has 1 N–H and O–H groups in total. The van der Waals surface area contributed by atoms with Crippen LogP contribution in [0.5, 0.6) is 11.5 Å². The molecular weight excluding hydrogens is 347 g/mol. The number of para-hydroxylation sites is 1. The molecule has 0 aliphatic carbocycles. The highest BCUT2D eigenvalue weighted by atomic mass is 19.4. The van der Waals surface area contributed by atoms with Crippen LogP contribution in [0.2, 0.25) is 0 Å². The average molecular weight is 363 g/mol. The summed E-state index contributed by atoms with van der Waals surface area (Å²) in [5.74, 6) is 5.49. The zero-order chi connectivity index (χ0) is 19.0. The highest BCUT2D eigenvalue weighted by Gasteiger charge is 2.30. The predicted molar refractivity (Wildman–Crippen MR) is 90.0 cm³/mol. The number of methoxy groups -OCH3 is 1. The Kier molecular flexibility index (Phi) is 6.50. The molecule has 2 aromatic rings. The summed E-state index contributed by atoms with van der Waals surface area (Å²) in [4.78, 5) is 12.0. The van der Waals surface area contributed by atoms with Gasteiger partial charge in [-0.3, -0.25) is 4.79 Å². The molecule has 4 nitrogen and oxygen atoms in total. The summed E-state index contributed by atoms with van der Waals surface area (Å²) in [6.45, 7) is -0.0192. The minimum Gasteiger partial charge on any atom is -0.496 e. The number of carbonyl (C=O) groups is 1. The fourth-order valence-corrected chi connectivity index (χ4v) is 2.05. The van der Waals surface area contributed by atoms with Gasteiger partial charge in [0.1, 0.15) is 18.1 Å². The summed E-state index contributed by atoms with van der Waals surface area (Å²) in [6, 6.07) is 11.3. The first kappa shape index (κ1) is 19.2. The smallest absolute Gasteiger partial charge is 0.416 e. The van der Waals surface area contributed by atoms with E-state index < -0.39 is 11.7 Å². The van der Waals surface area contributed by atoms with Gasteiger partial charge in [-0.15, -0.1) is 0 Å². The fraction of sp³-hybridized carbons (Fsp3) is 0.211. The maximum Gasteiger partial charge on any atom is 0.416 e. The van der Waals surface area contributed by atoms with E-state index in [4.69, 9.17) is 9.47 Å². The van der Waals surface area contributed by atoms with Gasteiger partial charge < -0.3 is 14.8 Å². The van der Waals surface area contributed by atoms with Crippen molar-refractivity contribution in [3.05, 3.63) is 59.7 Å². The van der Waals surface area contributed by atoms with Gasteiger partial charge in [0.05, 0.1) is 24.8 Å². The first-order valence-corrected chi connectivity index (χ1v) is 7.59. The van der Waals surface area contributed by atoms with Crippen LogP contribution in [-0.4, -0.2) is 26.2 Å². The van der Waals surface area contributed by atoms with Crippen molar-refractivity contribution in [1.29, 1.82) is 0 Å². The van der Waals surface area contributed by atoms with Crippen molar-refractivity contribution in [2.75, 3.05) is 20.3 Å². The summed E-state index contributed by atoms with van der Waals surface area (Å²) in [7, 11) is 1.47. The van der Waals surface area contributed by atoms with Crippen LogP contribution in [0.3, 0.4) is 0 Å². The molecule has 0 bridgehead atoms. The quantitative estimate of drug-likeness (QED) is 0.827. The third-order valence-corrected chi connectivity index (χ3v) is 3.29. The van der Waals surface area contributed by atoms with Crippen molar-refractivity contribution in [3.8, 4) is 23.3 Å². The Balaban J connectivity index is 1.82. The molecule has 7 heteroatoms. The molecule has 0 spiro atoms. The Hall–Kier alpha value is -3.14. The molecule has 0 unspecified atom stereocenters. The summed E-state index contributed by atoms with van der Waals surface area (Å²) < 4.78 is 48.0. The van der Waals surface area contributed by atoms with Crippen molar-refractivity contribution in [2.24, 2.45) is 0 Å². The third-order valence-electron chi connectivity index (χ3n) is 3.29. The van der Waals surface area contributed by atoms with Crippen molar-refractivity contribution in [3.63, 3.8) is 0 Å². The van der Waals surface area contributed by atoms with Gasteiger partial charge in [0.15, 0.2) is 0 Å². The van der Waals surface area contributed by atoms with Crippen LogP contribution in [0.25, 0.3) is 0 Å². The minimum absolute atomic E-state index is 0.0723. The lowest BCUT2D eigenvalue weighted by molar-refractivity contribution is -0.137. The van der Waals surface area contributed by atoms with Crippen LogP contribution in [0.15, 0.2) is 48.5 Å². The number of benzene rings is 2. The molecule has 0 aliphatic heterocycles. The average Bonchev–Trinajstić information content (AvgIpc) is 2.63. The number of alkyl halides is 3. The number of hydrogen-bond acceptors (Lipinski definition) is 3. The Morgan fingerprint density at radius 1 is 1.12 bits per heavy atom. The predicted octanol–water partition coefficient (Wildman–Crippen LogP) is 3.53. The number of amides is 1. The first-order chi connectivity index (χ1) is 12.4. The Morgan fingerprint density at radius 3 is 2.62 bits per heavy atom. The van der Waals surface area contributed by atoms with Gasteiger partial charge in [0.25, 0.3) is 5.91 Å². The maximum atomic E-state index is 12.6. The summed E-state index contributed by atoms with van der Waals surface area (Å²) >= 11 is 0. The first-order valence-electron chi connectivity index (χ1n) is 7.59. The lowest BCUT2D eigenvalue weighted by atomic mass is 10.2. The van der Waals surface area contributed by atoms with Crippen LogP contribution in [-0.2, 0) is 6.18 Å². The molecule has 26 heavy (non-hydrogen) atoms. The van der Waals surface area contributed by atoms with E-state index in [9.17, 15) is 18.0 Å². The molecule has 0 aromatic heterocycles. The van der Waals surface area contributed by atoms with Crippen molar-refractivity contribution in [1.82, 2.24) is 5.32 Å². The van der Waals surface area contributed by atoms with Gasteiger partial charge in [0, 0.05) is 0 Å². The molecule has 0 fully saturated rings. The molecule has 2 aromatic carbocycles. The van der Waals surface area contributed by atoms with Gasteiger partial charge >= 0.3 is 6.18 Å². The zero-order valence-electron chi connectivity index (χ0n) is 13.9. The van der Waals surface area contributed by atoms with Gasteiger partial charge in [0.2, 0.25) is 0 Å². The number of halogens is 3. The SMILES string of the molecule is COc1ccccc1C(=O)NCC#CCOc1cccc(C(F)(F)F)c1. The number of carbonyl (C=O) groups excluding carboxylic acids is 1. The molecule has 0 saturated heterocycles. The monoisotopic (exact) mass is 363 g/mol. The fourth-order valence-electron chi connectivity index (χ4n) is 2.05. The maximum absolute atomic E-state index is 12.6. The van der Waals surface area contributed by atoms with E-state index in [1.165, 1.54) is 19.2 Å². The molecule has 0 radical (unpaired) electrons. The van der Waals surface area contributed by atoms with E-state index in [-0.39, 0.29) is 24.8 Å². The molecule has 2 rings (SSSR count). The Bertz CT molecular complexity index is 823. The number of hydrogen-bond donors (Lipinski definition) is 1. The number of ether oxygens (including phenoxy) is 2. The lowest BCUT2D eigenvalue weighted by Crippen LogP contribution is -2.24. The molecule has 136 valence electrons. The van der Waals surface area contributed by atoms with E-state index in [1.54, 1.807) is 24.3 Å². The van der Waals surface area contributed by atoms with Gasteiger partial charge in [-0.25, -0.2) is 0 Å². The highest BCUT2D eigenvalue weighted by molar-refractivity contribution is 5.97. The number of nitrogens with one attached hydrogen (secondary N) is 1. The Morgan fingerprint density at radius 2 is 1.88 bits per heavy atom. The molecule has 1 amide bonds. The van der Waals surface area contributed by atoms with Crippen molar-refractivity contribution >= 4 is 5.91 Å². The van der Waals surface area contributed by atoms with Gasteiger partial charge in [-0.2, -0.15) is 13.2 Å². The summed E-state index contributed by atoms with van der Waals surface area (Å²) in [5, 5.41) is 2.60. The van der Waals surface area contributed by atoms with Crippen molar-refractivity contribution < 1.29 is 27.4 Å². The molecule has 0 atom stereocenters. The van der Waals surface area contributed by atoms with Crippen LogP contribution >= 0.6 is 0 Å². The standard InChI is InChI=1S/C19H16F3NO3/c1-25-17-10-3-2-9-16(17)18(24)23-11-4-5-12-26-15-8-6-7-14(13-15)19(20,21)22/h2-3,6-10,13H,11-12H2,1H3,(H,23,24). The topological polar surface area (TPSA) is 47.6 Å². The van der Waals surface area contributed by atoms with E-state index in [1.807, 2.05) is 0 Å². The lowest BCUT2D eigenvalue weighted by Gasteiger charge is -2.08. The largest absolute Gasteiger partial charge is 0.496 e. The van der Waals surface area contributed by atoms with Crippen molar-refractivity contribution in [2.45, 2.75) is 6.18 Å². The zero-order valence-corrected chi connectivity index (χ0v) is 13.9.